The molecule has 0 aliphatic rings. The standard InChI is InChI=1S/C13H17F2N3.HI/c1-3-7-17-13(16-4-2)18-9-10-8-11(14)5-6-12(10)15;/h3,5-6,8H,1,4,7,9H2,2H3,(H2,16,17,18);1H. The predicted octanol–water partition coefficient (Wildman–Crippen LogP) is 2.82. The van der Waals surface area contributed by atoms with Gasteiger partial charge in [-0.15, -0.1) is 30.6 Å². The van der Waals surface area contributed by atoms with E-state index in [1.807, 2.05) is 6.92 Å². The number of nitrogens with zero attached hydrogens (tertiary/aromatic N) is 1. The number of hydrogen-bond donors (Lipinski definition) is 2. The zero-order valence-electron chi connectivity index (χ0n) is 10.7. The molecular formula is C13H18F2IN3. The Bertz CT molecular complexity index is 436. The summed E-state index contributed by atoms with van der Waals surface area (Å²) in [6.07, 6.45) is 1.69. The van der Waals surface area contributed by atoms with Crippen LogP contribution in [-0.4, -0.2) is 19.0 Å². The van der Waals surface area contributed by atoms with Gasteiger partial charge < -0.3 is 10.6 Å². The zero-order valence-corrected chi connectivity index (χ0v) is 13.1. The van der Waals surface area contributed by atoms with E-state index >= 15 is 0 Å². The third kappa shape index (κ3) is 6.51. The molecule has 0 amide bonds. The minimum Gasteiger partial charge on any atom is -0.357 e. The number of aliphatic imine (C=N–C) groups is 1. The maximum absolute atomic E-state index is 13.4. The molecule has 0 heterocycles. The van der Waals surface area contributed by atoms with Gasteiger partial charge in [0.1, 0.15) is 11.6 Å². The minimum atomic E-state index is -0.467. The lowest BCUT2D eigenvalue weighted by Crippen LogP contribution is -2.37. The summed E-state index contributed by atoms with van der Waals surface area (Å²) in [5, 5.41) is 5.98. The monoisotopic (exact) mass is 381 g/mol. The molecule has 2 N–H and O–H groups in total. The molecule has 1 aromatic carbocycles. The molecule has 0 saturated carbocycles. The van der Waals surface area contributed by atoms with Crippen molar-refractivity contribution in [3.63, 3.8) is 0 Å². The maximum atomic E-state index is 13.4. The van der Waals surface area contributed by atoms with Gasteiger partial charge in [0.25, 0.3) is 0 Å². The van der Waals surface area contributed by atoms with Gasteiger partial charge in [0.2, 0.25) is 0 Å². The molecule has 0 atom stereocenters. The Balaban J connectivity index is 0.00000324. The lowest BCUT2D eigenvalue weighted by Gasteiger charge is -2.09. The second-order valence-corrected chi connectivity index (χ2v) is 3.60. The fourth-order valence-electron chi connectivity index (χ4n) is 1.34. The van der Waals surface area contributed by atoms with E-state index < -0.39 is 11.6 Å². The summed E-state index contributed by atoms with van der Waals surface area (Å²) in [5.41, 5.74) is 0.228. The summed E-state index contributed by atoms with van der Waals surface area (Å²) in [4.78, 5) is 4.16. The molecule has 19 heavy (non-hydrogen) atoms. The summed E-state index contributed by atoms with van der Waals surface area (Å²) >= 11 is 0. The van der Waals surface area contributed by atoms with Gasteiger partial charge in [-0.1, -0.05) is 6.08 Å². The van der Waals surface area contributed by atoms with Crippen molar-refractivity contribution < 1.29 is 8.78 Å². The number of rotatable bonds is 5. The average Bonchev–Trinajstić information content (AvgIpc) is 2.36. The van der Waals surface area contributed by atoms with Gasteiger partial charge in [0, 0.05) is 18.7 Å². The Morgan fingerprint density at radius 3 is 2.74 bits per heavy atom. The smallest absolute Gasteiger partial charge is 0.191 e. The molecule has 0 fully saturated rings. The van der Waals surface area contributed by atoms with Crippen LogP contribution in [0.1, 0.15) is 12.5 Å². The lowest BCUT2D eigenvalue weighted by molar-refractivity contribution is 0.585. The van der Waals surface area contributed by atoms with E-state index in [0.29, 0.717) is 19.0 Å². The van der Waals surface area contributed by atoms with Crippen LogP contribution in [0, 0.1) is 11.6 Å². The molecule has 0 saturated heterocycles. The summed E-state index contributed by atoms with van der Waals surface area (Å²) in [6, 6.07) is 3.34. The van der Waals surface area contributed by atoms with Crippen molar-refractivity contribution >= 4 is 29.9 Å². The maximum Gasteiger partial charge on any atom is 0.191 e. The van der Waals surface area contributed by atoms with Crippen LogP contribution in [0.3, 0.4) is 0 Å². The van der Waals surface area contributed by atoms with Crippen molar-refractivity contribution in [1.29, 1.82) is 0 Å². The molecule has 0 radical (unpaired) electrons. The molecule has 0 unspecified atom stereocenters. The second kappa shape index (κ2) is 9.71. The Hall–Kier alpha value is -1.18. The summed E-state index contributed by atoms with van der Waals surface area (Å²) in [7, 11) is 0. The van der Waals surface area contributed by atoms with Crippen molar-refractivity contribution in [1.82, 2.24) is 10.6 Å². The van der Waals surface area contributed by atoms with Crippen molar-refractivity contribution in [2.24, 2.45) is 4.99 Å². The third-order valence-corrected chi connectivity index (χ3v) is 2.17. The van der Waals surface area contributed by atoms with Crippen LogP contribution in [0.5, 0.6) is 0 Å². The Morgan fingerprint density at radius 1 is 1.37 bits per heavy atom. The molecular weight excluding hydrogens is 363 g/mol. The highest BCUT2D eigenvalue weighted by Crippen LogP contribution is 2.10. The molecule has 0 aliphatic heterocycles. The Labute approximate surface area is 129 Å². The Kier molecular flexibility index (Phi) is 9.11. The molecule has 0 aliphatic carbocycles. The highest BCUT2D eigenvalue weighted by molar-refractivity contribution is 14.0. The molecule has 106 valence electrons. The highest BCUT2D eigenvalue weighted by Gasteiger charge is 2.03. The van der Waals surface area contributed by atoms with Gasteiger partial charge in [-0.3, -0.25) is 0 Å². The SMILES string of the molecule is C=CCNC(=NCc1cc(F)ccc1F)NCC.I. The quantitative estimate of drug-likeness (QED) is 0.356. The molecule has 3 nitrogen and oxygen atoms in total. The second-order valence-electron chi connectivity index (χ2n) is 3.60. The van der Waals surface area contributed by atoms with Crippen molar-refractivity contribution in [2.75, 3.05) is 13.1 Å². The first-order valence-corrected chi connectivity index (χ1v) is 5.74. The van der Waals surface area contributed by atoms with Crippen LogP contribution >= 0.6 is 24.0 Å². The zero-order chi connectivity index (χ0) is 13.4. The van der Waals surface area contributed by atoms with Crippen molar-refractivity contribution in [2.45, 2.75) is 13.5 Å². The van der Waals surface area contributed by atoms with Gasteiger partial charge in [-0.2, -0.15) is 0 Å². The Morgan fingerprint density at radius 2 is 2.11 bits per heavy atom. The molecule has 1 aromatic rings. The average molecular weight is 381 g/mol. The van der Waals surface area contributed by atoms with E-state index in [1.165, 1.54) is 0 Å². The van der Waals surface area contributed by atoms with Gasteiger partial charge in [-0.25, -0.2) is 13.8 Å². The number of hydrogen-bond acceptors (Lipinski definition) is 1. The van der Waals surface area contributed by atoms with Gasteiger partial charge in [0.05, 0.1) is 6.54 Å². The summed E-state index contributed by atoms with van der Waals surface area (Å²) < 4.78 is 26.3. The van der Waals surface area contributed by atoms with Crippen LogP contribution in [0.2, 0.25) is 0 Å². The van der Waals surface area contributed by atoms with Crippen LogP contribution in [-0.2, 0) is 6.54 Å². The van der Waals surface area contributed by atoms with E-state index in [2.05, 4.69) is 22.2 Å². The third-order valence-electron chi connectivity index (χ3n) is 2.17. The number of guanidine groups is 1. The predicted molar refractivity (Wildman–Crippen MR) is 84.8 cm³/mol. The first kappa shape index (κ1) is 17.8. The van der Waals surface area contributed by atoms with E-state index in [9.17, 15) is 8.78 Å². The normalized spacial score (nSPS) is 10.6. The highest BCUT2D eigenvalue weighted by atomic mass is 127. The first-order chi connectivity index (χ1) is 8.67. The molecule has 0 aromatic heterocycles. The van der Waals surface area contributed by atoms with Gasteiger partial charge >= 0.3 is 0 Å². The van der Waals surface area contributed by atoms with Crippen molar-refractivity contribution in [3.8, 4) is 0 Å². The summed E-state index contributed by atoms with van der Waals surface area (Å²) in [5.74, 6) is -0.383. The topological polar surface area (TPSA) is 36.4 Å². The van der Waals surface area contributed by atoms with Crippen LogP contribution in [0.15, 0.2) is 35.8 Å². The molecule has 0 bridgehead atoms. The van der Waals surface area contributed by atoms with E-state index in [0.717, 1.165) is 18.2 Å². The number of benzene rings is 1. The van der Waals surface area contributed by atoms with Crippen LogP contribution in [0.25, 0.3) is 0 Å². The summed E-state index contributed by atoms with van der Waals surface area (Å²) in [6.45, 7) is 6.83. The molecule has 6 heteroatoms. The first-order valence-electron chi connectivity index (χ1n) is 5.74. The number of halogens is 3. The molecule has 0 spiro atoms. The van der Waals surface area contributed by atoms with E-state index in [4.69, 9.17) is 0 Å². The molecule has 1 rings (SSSR count). The fraction of sp³-hybridized carbons (Fsp3) is 0.308. The van der Waals surface area contributed by atoms with Crippen LogP contribution in [0.4, 0.5) is 8.78 Å². The van der Waals surface area contributed by atoms with E-state index in [1.54, 1.807) is 6.08 Å². The fourth-order valence-corrected chi connectivity index (χ4v) is 1.34. The van der Waals surface area contributed by atoms with Crippen molar-refractivity contribution in [3.05, 3.63) is 48.1 Å². The van der Waals surface area contributed by atoms with Gasteiger partial charge in [0.15, 0.2) is 5.96 Å². The number of nitrogens with one attached hydrogen (secondary N) is 2. The van der Waals surface area contributed by atoms with Gasteiger partial charge in [-0.05, 0) is 25.1 Å². The van der Waals surface area contributed by atoms with Crippen LogP contribution < -0.4 is 10.6 Å². The largest absolute Gasteiger partial charge is 0.357 e. The minimum absolute atomic E-state index is 0. The van der Waals surface area contributed by atoms with E-state index in [-0.39, 0.29) is 36.1 Å². The lowest BCUT2D eigenvalue weighted by atomic mass is 10.2.